The molecular formula is C13H18O3S. The summed E-state index contributed by atoms with van der Waals surface area (Å²) >= 11 is 1.60. The van der Waals surface area contributed by atoms with Crippen molar-refractivity contribution >= 4 is 17.5 Å². The molecule has 1 aromatic rings. The number of carbonyl (C=O) groups excluding carboxylic acids is 1. The third-order valence-electron chi connectivity index (χ3n) is 2.37. The number of phenolic OH excluding ortho intramolecular Hbond substituents is 2. The first-order valence-electron chi connectivity index (χ1n) is 5.63. The van der Waals surface area contributed by atoms with Crippen LogP contribution in [-0.4, -0.2) is 27.5 Å². The summed E-state index contributed by atoms with van der Waals surface area (Å²) in [4.78, 5) is 11.7. The molecule has 0 aromatic heterocycles. The average molecular weight is 254 g/mol. The maximum absolute atomic E-state index is 11.7. The van der Waals surface area contributed by atoms with Gasteiger partial charge in [-0.1, -0.05) is 13.8 Å². The van der Waals surface area contributed by atoms with Gasteiger partial charge < -0.3 is 10.2 Å². The van der Waals surface area contributed by atoms with Crippen LogP contribution in [0.5, 0.6) is 11.5 Å². The van der Waals surface area contributed by atoms with E-state index in [0.717, 1.165) is 12.2 Å². The highest BCUT2D eigenvalue weighted by Gasteiger charge is 2.09. The SMILES string of the molecule is CC(C)CCSCC(=O)c1ccc(O)c(O)c1. The number of thioether (sulfide) groups is 1. The van der Waals surface area contributed by atoms with Gasteiger partial charge in [0.2, 0.25) is 0 Å². The molecule has 0 saturated carbocycles. The standard InChI is InChI=1S/C13H18O3S/c1-9(2)5-6-17-8-13(16)10-3-4-11(14)12(15)7-10/h3-4,7,9,14-15H,5-6,8H2,1-2H3. The van der Waals surface area contributed by atoms with Crippen LogP contribution in [0.1, 0.15) is 30.6 Å². The highest BCUT2D eigenvalue weighted by molar-refractivity contribution is 7.99. The third-order valence-corrected chi connectivity index (χ3v) is 3.36. The van der Waals surface area contributed by atoms with E-state index in [-0.39, 0.29) is 17.3 Å². The van der Waals surface area contributed by atoms with Crippen LogP contribution in [0.4, 0.5) is 0 Å². The van der Waals surface area contributed by atoms with E-state index >= 15 is 0 Å². The predicted octanol–water partition coefficient (Wildman–Crippen LogP) is 3.06. The fourth-order valence-corrected chi connectivity index (χ4v) is 2.40. The Bertz CT molecular complexity index is 388. The lowest BCUT2D eigenvalue weighted by molar-refractivity contribution is 0.102. The fourth-order valence-electron chi connectivity index (χ4n) is 1.26. The van der Waals surface area contributed by atoms with Crippen LogP contribution in [0.3, 0.4) is 0 Å². The second-order valence-electron chi connectivity index (χ2n) is 4.36. The van der Waals surface area contributed by atoms with Gasteiger partial charge in [-0.15, -0.1) is 0 Å². The Morgan fingerprint density at radius 3 is 2.59 bits per heavy atom. The fraction of sp³-hybridized carbons (Fsp3) is 0.462. The molecule has 0 spiro atoms. The second-order valence-corrected chi connectivity index (χ2v) is 5.47. The highest BCUT2D eigenvalue weighted by Crippen LogP contribution is 2.25. The number of phenols is 2. The first-order chi connectivity index (χ1) is 8.00. The van der Waals surface area contributed by atoms with Crippen LogP contribution in [0.2, 0.25) is 0 Å². The summed E-state index contributed by atoms with van der Waals surface area (Å²) in [6.45, 7) is 4.31. The van der Waals surface area contributed by atoms with Crippen molar-refractivity contribution in [1.29, 1.82) is 0 Å². The molecule has 17 heavy (non-hydrogen) atoms. The minimum absolute atomic E-state index is 0.0194. The lowest BCUT2D eigenvalue weighted by Gasteiger charge is -2.05. The van der Waals surface area contributed by atoms with E-state index in [1.807, 2.05) is 0 Å². The summed E-state index contributed by atoms with van der Waals surface area (Å²) in [5, 5.41) is 18.4. The number of ketones is 1. The molecule has 1 aromatic carbocycles. The molecule has 0 aliphatic rings. The Kier molecular flexibility index (Phi) is 5.35. The molecule has 0 unspecified atom stereocenters. The molecule has 0 saturated heterocycles. The smallest absolute Gasteiger partial charge is 0.172 e. The van der Waals surface area contributed by atoms with Gasteiger partial charge in [0, 0.05) is 5.56 Å². The molecule has 0 aliphatic heterocycles. The molecule has 0 bridgehead atoms. The van der Waals surface area contributed by atoms with E-state index in [0.29, 0.717) is 17.2 Å². The van der Waals surface area contributed by atoms with E-state index in [2.05, 4.69) is 13.8 Å². The van der Waals surface area contributed by atoms with Gasteiger partial charge in [-0.2, -0.15) is 11.8 Å². The van der Waals surface area contributed by atoms with Crippen molar-refractivity contribution in [2.24, 2.45) is 5.92 Å². The van der Waals surface area contributed by atoms with Crippen molar-refractivity contribution in [3.8, 4) is 11.5 Å². The van der Waals surface area contributed by atoms with Crippen LogP contribution < -0.4 is 0 Å². The van der Waals surface area contributed by atoms with Crippen molar-refractivity contribution in [2.75, 3.05) is 11.5 Å². The summed E-state index contributed by atoms with van der Waals surface area (Å²) in [5.41, 5.74) is 0.442. The summed E-state index contributed by atoms with van der Waals surface area (Å²) in [6, 6.07) is 4.17. The molecule has 0 radical (unpaired) electrons. The number of hydrogen-bond donors (Lipinski definition) is 2. The molecule has 4 heteroatoms. The minimum Gasteiger partial charge on any atom is -0.504 e. The number of carbonyl (C=O) groups is 1. The molecule has 3 nitrogen and oxygen atoms in total. The van der Waals surface area contributed by atoms with Gasteiger partial charge in [0.15, 0.2) is 17.3 Å². The summed E-state index contributed by atoms with van der Waals surface area (Å²) in [6.07, 6.45) is 1.10. The number of hydrogen-bond acceptors (Lipinski definition) is 4. The van der Waals surface area contributed by atoms with Gasteiger partial charge >= 0.3 is 0 Å². The largest absolute Gasteiger partial charge is 0.504 e. The van der Waals surface area contributed by atoms with Crippen LogP contribution in [-0.2, 0) is 0 Å². The quantitative estimate of drug-likeness (QED) is 0.465. The number of rotatable bonds is 6. The topological polar surface area (TPSA) is 57.5 Å². The Morgan fingerprint density at radius 2 is 2.00 bits per heavy atom. The zero-order chi connectivity index (χ0) is 12.8. The molecule has 0 fully saturated rings. The monoisotopic (exact) mass is 254 g/mol. The predicted molar refractivity (Wildman–Crippen MR) is 70.9 cm³/mol. The van der Waals surface area contributed by atoms with Crippen molar-refractivity contribution in [3.63, 3.8) is 0 Å². The van der Waals surface area contributed by atoms with Crippen molar-refractivity contribution in [3.05, 3.63) is 23.8 Å². The lowest BCUT2D eigenvalue weighted by Crippen LogP contribution is -2.03. The van der Waals surface area contributed by atoms with Gasteiger partial charge in [-0.05, 0) is 36.3 Å². The van der Waals surface area contributed by atoms with E-state index in [4.69, 9.17) is 5.11 Å². The Morgan fingerprint density at radius 1 is 1.29 bits per heavy atom. The van der Waals surface area contributed by atoms with Crippen molar-refractivity contribution in [1.82, 2.24) is 0 Å². The van der Waals surface area contributed by atoms with Crippen LogP contribution in [0.15, 0.2) is 18.2 Å². The van der Waals surface area contributed by atoms with E-state index in [9.17, 15) is 9.90 Å². The first kappa shape index (κ1) is 13.9. The van der Waals surface area contributed by atoms with Crippen LogP contribution in [0.25, 0.3) is 0 Å². The number of benzene rings is 1. The van der Waals surface area contributed by atoms with E-state index in [1.165, 1.54) is 18.2 Å². The first-order valence-corrected chi connectivity index (χ1v) is 6.79. The molecule has 0 aliphatic carbocycles. The summed E-state index contributed by atoms with van der Waals surface area (Å²) < 4.78 is 0. The molecule has 0 atom stereocenters. The second kappa shape index (κ2) is 6.55. The van der Waals surface area contributed by atoms with Crippen LogP contribution >= 0.6 is 11.8 Å². The normalized spacial score (nSPS) is 10.8. The van der Waals surface area contributed by atoms with Crippen molar-refractivity contribution < 1.29 is 15.0 Å². The Hall–Kier alpha value is -1.16. The van der Waals surface area contributed by atoms with Crippen molar-refractivity contribution in [2.45, 2.75) is 20.3 Å². The maximum atomic E-state index is 11.7. The Labute approximate surface area is 106 Å². The zero-order valence-corrected chi connectivity index (χ0v) is 11.0. The number of aromatic hydroxyl groups is 2. The lowest BCUT2D eigenvalue weighted by atomic mass is 10.1. The van der Waals surface area contributed by atoms with E-state index in [1.54, 1.807) is 11.8 Å². The molecule has 2 N–H and O–H groups in total. The zero-order valence-electron chi connectivity index (χ0n) is 10.1. The summed E-state index contributed by atoms with van der Waals surface area (Å²) in [7, 11) is 0. The van der Waals surface area contributed by atoms with E-state index < -0.39 is 0 Å². The van der Waals surface area contributed by atoms with Gasteiger partial charge in [0.05, 0.1) is 5.75 Å². The third kappa shape index (κ3) is 4.69. The Balaban J connectivity index is 2.44. The molecule has 94 valence electrons. The summed E-state index contributed by atoms with van der Waals surface area (Å²) in [5.74, 6) is 1.56. The van der Waals surface area contributed by atoms with Crippen LogP contribution in [0, 0.1) is 5.92 Å². The minimum atomic E-state index is -0.247. The van der Waals surface area contributed by atoms with Gasteiger partial charge in [-0.3, -0.25) is 4.79 Å². The average Bonchev–Trinajstić information content (AvgIpc) is 2.27. The van der Waals surface area contributed by atoms with Gasteiger partial charge in [0.1, 0.15) is 0 Å². The molecule has 1 rings (SSSR count). The van der Waals surface area contributed by atoms with Gasteiger partial charge in [-0.25, -0.2) is 0 Å². The molecule has 0 heterocycles. The molecule has 0 amide bonds. The molecular weight excluding hydrogens is 236 g/mol. The number of Topliss-reactive ketones (excluding diaryl/α,β-unsaturated/α-hetero) is 1. The highest BCUT2D eigenvalue weighted by atomic mass is 32.2. The maximum Gasteiger partial charge on any atom is 0.172 e. The van der Waals surface area contributed by atoms with Gasteiger partial charge in [0.25, 0.3) is 0 Å².